The van der Waals surface area contributed by atoms with Crippen LogP contribution in [0.1, 0.15) is 12.8 Å². The molecule has 0 aliphatic rings. The molecule has 0 amide bonds. The Hall–Kier alpha value is -0.103. The molecular weight excluding hydrogens is 191 g/mol. The van der Waals surface area contributed by atoms with Gasteiger partial charge < -0.3 is 5.32 Å². The van der Waals surface area contributed by atoms with Crippen LogP contribution < -0.4 is 5.32 Å². The van der Waals surface area contributed by atoms with Gasteiger partial charge in [0.15, 0.2) is 0 Å². The van der Waals surface area contributed by atoms with Crippen LogP contribution in [0.25, 0.3) is 0 Å². The minimum atomic E-state index is -5.32. The van der Waals surface area contributed by atoms with E-state index in [2.05, 4.69) is 17.5 Å². The second-order valence-electron chi connectivity index (χ2n) is 2.14. The standard InChI is InChI=1S/C5H10F3NSSi/c1-9-5(10)3-2-4-11(6,7)8/h2-4H2,1H3,(H,9,10). The van der Waals surface area contributed by atoms with Gasteiger partial charge in [0.2, 0.25) is 0 Å². The summed E-state index contributed by atoms with van der Waals surface area (Å²) >= 11 is 4.68. The van der Waals surface area contributed by atoms with Crippen molar-refractivity contribution in [1.29, 1.82) is 0 Å². The van der Waals surface area contributed by atoms with Crippen molar-refractivity contribution in [3.05, 3.63) is 0 Å². The topological polar surface area (TPSA) is 12.0 Å². The van der Waals surface area contributed by atoms with Crippen molar-refractivity contribution < 1.29 is 12.3 Å². The number of rotatable bonds is 4. The van der Waals surface area contributed by atoms with Crippen LogP contribution in [-0.2, 0) is 0 Å². The van der Waals surface area contributed by atoms with Crippen molar-refractivity contribution >= 4 is 26.3 Å². The third-order valence-electron chi connectivity index (χ3n) is 1.14. The smallest absolute Gasteiger partial charge is 0.383 e. The maximum absolute atomic E-state index is 11.7. The Balaban J connectivity index is 3.35. The molecule has 0 aromatic heterocycles. The summed E-state index contributed by atoms with van der Waals surface area (Å²) in [6.07, 6.45) is 0.480. The van der Waals surface area contributed by atoms with Gasteiger partial charge in [0, 0.05) is 13.1 Å². The van der Waals surface area contributed by atoms with Crippen LogP contribution in [-0.4, -0.2) is 21.1 Å². The largest absolute Gasteiger partial charge is 0.616 e. The molecule has 0 bridgehead atoms. The SMILES string of the molecule is CNC(=S)CCC[Si](F)(F)F. The van der Waals surface area contributed by atoms with Gasteiger partial charge in [0.05, 0.1) is 4.99 Å². The fourth-order valence-electron chi connectivity index (χ4n) is 0.574. The highest BCUT2D eigenvalue weighted by Crippen LogP contribution is 2.17. The van der Waals surface area contributed by atoms with Crippen molar-refractivity contribution in [3.63, 3.8) is 0 Å². The lowest BCUT2D eigenvalue weighted by Gasteiger charge is -2.02. The maximum atomic E-state index is 11.7. The van der Waals surface area contributed by atoms with Gasteiger partial charge in [-0.25, -0.2) is 12.3 Å². The van der Waals surface area contributed by atoms with Gasteiger partial charge in [-0.15, -0.1) is 0 Å². The first-order chi connectivity index (χ1) is 4.95. The summed E-state index contributed by atoms with van der Waals surface area (Å²) in [6, 6.07) is -0.616. The van der Waals surface area contributed by atoms with Gasteiger partial charge in [-0.05, 0) is 12.8 Å². The Morgan fingerprint density at radius 1 is 1.45 bits per heavy atom. The normalized spacial score (nSPS) is 11.3. The van der Waals surface area contributed by atoms with Crippen LogP contribution in [0, 0.1) is 0 Å². The monoisotopic (exact) mass is 201 g/mol. The second-order valence-corrected chi connectivity index (χ2v) is 4.37. The van der Waals surface area contributed by atoms with Crippen molar-refractivity contribution in [2.45, 2.75) is 18.9 Å². The lowest BCUT2D eigenvalue weighted by molar-refractivity contribution is 0.465. The molecule has 0 radical (unpaired) electrons. The lowest BCUT2D eigenvalue weighted by atomic mass is 10.3. The first-order valence-electron chi connectivity index (χ1n) is 3.23. The first kappa shape index (κ1) is 10.9. The van der Waals surface area contributed by atoms with Crippen LogP contribution in [0.3, 0.4) is 0 Å². The Bertz CT molecular complexity index is 136. The summed E-state index contributed by atoms with van der Waals surface area (Å²) in [5.41, 5.74) is 0. The van der Waals surface area contributed by atoms with Crippen LogP contribution in [0.4, 0.5) is 12.3 Å². The van der Waals surface area contributed by atoms with Gasteiger partial charge >= 0.3 is 9.08 Å². The molecule has 0 spiro atoms. The van der Waals surface area contributed by atoms with E-state index in [9.17, 15) is 12.3 Å². The predicted molar refractivity (Wildman–Crippen MR) is 44.8 cm³/mol. The van der Waals surface area contributed by atoms with Crippen LogP contribution in [0.2, 0.25) is 6.04 Å². The molecule has 0 rings (SSSR count). The summed E-state index contributed by atoms with van der Waals surface area (Å²) in [5.74, 6) is 0. The van der Waals surface area contributed by atoms with Gasteiger partial charge in [-0.2, -0.15) is 0 Å². The molecule has 0 fully saturated rings. The molecule has 0 heterocycles. The Morgan fingerprint density at radius 2 is 2.00 bits per heavy atom. The molecular formula is C5H10F3NSSi. The van der Waals surface area contributed by atoms with E-state index in [-0.39, 0.29) is 6.42 Å². The third kappa shape index (κ3) is 7.80. The van der Waals surface area contributed by atoms with E-state index >= 15 is 0 Å². The molecule has 6 heteroatoms. The van der Waals surface area contributed by atoms with Crippen molar-refractivity contribution in [1.82, 2.24) is 5.32 Å². The number of halogens is 3. The zero-order chi connectivity index (χ0) is 8.91. The minimum absolute atomic E-state index is 0.134. The van der Waals surface area contributed by atoms with E-state index in [1.54, 1.807) is 7.05 Å². The van der Waals surface area contributed by atoms with Gasteiger partial charge in [0.1, 0.15) is 0 Å². The van der Waals surface area contributed by atoms with Gasteiger partial charge in [0.25, 0.3) is 0 Å². The zero-order valence-corrected chi connectivity index (χ0v) is 7.98. The van der Waals surface area contributed by atoms with Crippen molar-refractivity contribution in [2.24, 2.45) is 0 Å². The number of nitrogens with one attached hydrogen (secondary N) is 1. The summed E-state index contributed by atoms with van der Waals surface area (Å²) in [5, 5.41) is 2.63. The van der Waals surface area contributed by atoms with E-state index in [1.807, 2.05) is 0 Å². The molecule has 0 aromatic rings. The summed E-state index contributed by atoms with van der Waals surface area (Å²) in [4.78, 5) is 0.503. The highest BCUT2D eigenvalue weighted by atomic mass is 32.1. The average Bonchev–Trinajstić information content (AvgIpc) is 1.85. The molecule has 0 atom stereocenters. The molecule has 0 saturated carbocycles. The Labute approximate surface area is 70.5 Å². The predicted octanol–water partition coefficient (Wildman–Crippen LogP) is 2.16. The van der Waals surface area contributed by atoms with Crippen molar-refractivity contribution in [2.75, 3.05) is 7.05 Å². The zero-order valence-electron chi connectivity index (χ0n) is 6.16. The van der Waals surface area contributed by atoms with Crippen LogP contribution in [0.5, 0.6) is 0 Å². The molecule has 0 saturated heterocycles. The highest BCUT2D eigenvalue weighted by Gasteiger charge is 2.35. The molecule has 0 aromatic carbocycles. The average molecular weight is 201 g/mol. The second kappa shape index (κ2) is 4.71. The van der Waals surface area contributed by atoms with E-state index in [1.165, 1.54) is 0 Å². The van der Waals surface area contributed by atoms with E-state index in [0.717, 1.165) is 0 Å². The van der Waals surface area contributed by atoms with E-state index in [0.29, 0.717) is 11.4 Å². The van der Waals surface area contributed by atoms with Crippen LogP contribution in [0.15, 0.2) is 0 Å². The van der Waals surface area contributed by atoms with Gasteiger partial charge in [-0.3, -0.25) is 0 Å². The fraction of sp³-hybridized carbons (Fsp3) is 0.800. The first-order valence-corrected chi connectivity index (χ1v) is 5.48. The quantitative estimate of drug-likeness (QED) is 0.425. The Morgan fingerprint density at radius 3 is 2.36 bits per heavy atom. The number of thiocarbonyl (C=S) groups is 1. The molecule has 1 N–H and O–H groups in total. The van der Waals surface area contributed by atoms with E-state index in [4.69, 9.17) is 0 Å². The lowest BCUT2D eigenvalue weighted by Crippen LogP contribution is -2.18. The molecule has 0 aliphatic carbocycles. The minimum Gasteiger partial charge on any atom is -0.383 e. The van der Waals surface area contributed by atoms with Crippen LogP contribution >= 0.6 is 12.2 Å². The van der Waals surface area contributed by atoms with E-state index < -0.39 is 15.1 Å². The molecule has 1 nitrogen and oxygen atoms in total. The van der Waals surface area contributed by atoms with Crippen molar-refractivity contribution in [3.8, 4) is 0 Å². The molecule has 66 valence electrons. The highest BCUT2D eigenvalue weighted by molar-refractivity contribution is 7.80. The molecule has 11 heavy (non-hydrogen) atoms. The number of hydrogen-bond acceptors (Lipinski definition) is 1. The third-order valence-corrected chi connectivity index (χ3v) is 2.47. The summed E-state index contributed by atoms with van der Waals surface area (Å²) < 4.78 is 35.1. The fourth-order valence-corrected chi connectivity index (χ4v) is 1.30. The summed E-state index contributed by atoms with van der Waals surface area (Å²) in [7, 11) is -3.71. The Kier molecular flexibility index (Phi) is 4.67. The molecule has 0 aliphatic heterocycles. The summed E-state index contributed by atoms with van der Waals surface area (Å²) in [6.45, 7) is 0. The van der Waals surface area contributed by atoms with Gasteiger partial charge in [-0.1, -0.05) is 12.2 Å². The maximum Gasteiger partial charge on any atom is 0.616 e. The molecule has 0 unspecified atom stereocenters. The number of hydrogen-bond donors (Lipinski definition) is 1.